The van der Waals surface area contributed by atoms with Gasteiger partial charge in [-0.2, -0.15) is 0 Å². The van der Waals surface area contributed by atoms with Crippen molar-refractivity contribution < 1.29 is 9.47 Å². The maximum absolute atomic E-state index is 5.44. The molecule has 0 radical (unpaired) electrons. The zero-order valence-corrected chi connectivity index (χ0v) is 16.3. The Morgan fingerprint density at radius 1 is 0.778 bits per heavy atom. The maximum atomic E-state index is 5.44. The van der Waals surface area contributed by atoms with Gasteiger partial charge in [-0.25, -0.2) is 9.97 Å². The van der Waals surface area contributed by atoms with Crippen LogP contribution in [0.3, 0.4) is 0 Å². The first-order valence-electron chi connectivity index (χ1n) is 8.68. The number of nitrogens with one attached hydrogen (secondary N) is 2. The van der Waals surface area contributed by atoms with Gasteiger partial charge >= 0.3 is 0 Å². The molecule has 0 spiro atoms. The normalized spacial score (nSPS) is 10.4. The largest absolute Gasteiger partial charge is 0.497 e. The number of ether oxygens (including phenoxy) is 2. The van der Waals surface area contributed by atoms with Crippen LogP contribution in [0.2, 0.25) is 0 Å². The number of hydrogen-bond donors (Lipinski definition) is 2. The SMILES string of the molecule is COc1ccc(Nc2cc(Nc3cccc(C)c3C)nc(C)n2)c(OC)c1. The molecule has 0 atom stereocenters. The van der Waals surface area contributed by atoms with E-state index in [1.165, 1.54) is 11.1 Å². The van der Waals surface area contributed by atoms with E-state index in [9.17, 15) is 0 Å². The Labute approximate surface area is 159 Å². The summed E-state index contributed by atoms with van der Waals surface area (Å²) in [7, 11) is 3.25. The van der Waals surface area contributed by atoms with Crippen molar-refractivity contribution in [2.45, 2.75) is 20.8 Å². The lowest BCUT2D eigenvalue weighted by Gasteiger charge is -2.14. The molecule has 3 rings (SSSR count). The smallest absolute Gasteiger partial charge is 0.146 e. The first-order valence-corrected chi connectivity index (χ1v) is 8.68. The van der Waals surface area contributed by atoms with Gasteiger partial charge in [0.05, 0.1) is 19.9 Å². The molecule has 0 aliphatic carbocycles. The van der Waals surface area contributed by atoms with Crippen LogP contribution in [0.1, 0.15) is 17.0 Å². The zero-order valence-electron chi connectivity index (χ0n) is 16.3. The van der Waals surface area contributed by atoms with Crippen LogP contribution in [0.5, 0.6) is 11.5 Å². The standard InChI is InChI=1S/C21H24N4O2/c1-13-7-6-8-17(14(13)2)24-20-12-21(23-15(3)22-20)25-18-10-9-16(26-4)11-19(18)27-5/h6-12H,1-5H3,(H2,22,23,24,25). The lowest BCUT2D eigenvalue weighted by molar-refractivity contribution is 0.395. The van der Waals surface area contributed by atoms with Gasteiger partial charge in [-0.05, 0) is 50.1 Å². The van der Waals surface area contributed by atoms with Gasteiger partial charge in [0.1, 0.15) is 29.0 Å². The van der Waals surface area contributed by atoms with E-state index in [1.54, 1.807) is 14.2 Å². The van der Waals surface area contributed by atoms with Gasteiger partial charge in [-0.3, -0.25) is 0 Å². The van der Waals surface area contributed by atoms with Crippen molar-refractivity contribution in [2.75, 3.05) is 24.9 Å². The zero-order chi connectivity index (χ0) is 19.4. The molecule has 0 unspecified atom stereocenters. The van der Waals surface area contributed by atoms with Crippen molar-refractivity contribution in [1.82, 2.24) is 9.97 Å². The molecule has 3 aromatic rings. The predicted octanol–water partition coefficient (Wildman–Crippen LogP) is 4.91. The molecular formula is C21H24N4O2. The Kier molecular flexibility index (Phi) is 5.45. The summed E-state index contributed by atoms with van der Waals surface area (Å²) in [5.74, 6) is 3.48. The van der Waals surface area contributed by atoms with Crippen molar-refractivity contribution in [3.8, 4) is 11.5 Å². The Morgan fingerprint density at radius 2 is 1.48 bits per heavy atom. The van der Waals surface area contributed by atoms with E-state index in [4.69, 9.17) is 9.47 Å². The van der Waals surface area contributed by atoms with E-state index in [-0.39, 0.29) is 0 Å². The molecule has 0 amide bonds. The van der Waals surface area contributed by atoms with Gasteiger partial charge in [-0.1, -0.05) is 12.1 Å². The highest BCUT2D eigenvalue weighted by Gasteiger charge is 2.09. The van der Waals surface area contributed by atoms with Gasteiger partial charge in [0.15, 0.2) is 0 Å². The van der Waals surface area contributed by atoms with Gasteiger partial charge < -0.3 is 20.1 Å². The Hall–Kier alpha value is -3.28. The third kappa shape index (κ3) is 4.28. The summed E-state index contributed by atoms with van der Waals surface area (Å²) in [5, 5.41) is 6.68. The van der Waals surface area contributed by atoms with Crippen LogP contribution < -0.4 is 20.1 Å². The fourth-order valence-corrected chi connectivity index (χ4v) is 2.76. The Balaban J connectivity index is 1.89. The van der Waals surface area contributed by atoms with Crippen LogP contribution in [-0.2, 0) is 0 Å². The summed E-state index contributed by atoms with van der Waals surface area (Å²) >= 11 is 0. The minimum Gasteiger partial charge on any atom is -0.497 e. The van der Waals surface area contributed by atoms with Crippen LogP contribution in [0.4, 0.5) is 23.0 Å². The molecule has 140 valence electrons. The predicted molar refractivity (Wildman–Crippen MR) is 109 cm³/mol. The lowest BCUT2D eigenvalue weighted by Crippen LogP contribution is -2.03. The number of benzene rings is 2. The summed E-state index contributed by atoms with van der Waals surface area (Å²) in [5.41, 5.74) is 4.25. The van der Waals surface area contributed by atoms with Crippen LogP contribution >= 0.6 is 0 Å². The van der Waals surface area contributed by atoms with Gasteiger partial charge in [0.25, 0.3) is 0 Å². The maximum Gasteiger partial charge on any atom is 0.146 e. The van der Waals surface area contributed by atoms with E-state index >= 15 is 0 Å². The molecule has 6 heteroatoms. The molecule has 0 fully saturated rings. The van der Waals surface area contributed by atoms with Crippen LogP contribution in [-0.4, -0.2) is 24.2 Å². The van der Waals surface area contributed by atoms with Gasteiger partial charge in [0, 0.05) is 17.8 Å². The third-order valence-electron chi connectivity index (χ3n) is 4.38. The van der Waals surface area contributed by atoms with Gasteiger partial charge in [-0.15, -0.1) is 0 Å². The second-order valence-electron chi connectivity index (χ2n) is 6.25. The molecule has 6 nitrogen and oxygen atoms in total. The molecule has 2 N–H and O–H groups in total. The monoisotopic (exact) mass is 364 g/mol. The number of hydrogen-bond acceptors (Lipinski definition) is 6. The van der Waals surface area contributed by atoms with E-state index in [1.807, 2.05) is 43.3 Å². The van der Waals surface area contributed by atoms with Crippen molar-refractivity contribution in [3.05, 3.63) is 59.4 Å². The summed E-state index contributed by atoms with van der Waals surface area (Å²) in [6.07, 6.45) is 0. The minimum absolute atomic E-state index is 0.667. The van der Waals surface area contributed by atoms with Crippen molar-refractivity contribution in [1.29, 1.82) is 0 Å². The fraction of sp³-hybridized carbons (Fsp3) is 0.238. The molecule has 0 saturated carbocycles. The van der Waals surface area contributed by atoms with Crippen molar-refractivity contribution in [2.24, 2.45) is 0 Å². The van der Waals surface area contributed by atoms with Crippen LogP contribution in [0.15, 0.2) is 42.5 Å². The summed E-state index contributed by atoms with van der Waals surface area (Å²) in [6, 6.07) is 13.6. The molecule has 27 heavy (non-hydrogen) atoms. The second-order valence-corrected chi connectivity index (χ2v) is 6.25. The molecular weight excluding hydrogens is 340 g/mol. The number of methoxy groups -OCH3 is 2. The minimum atomic E-state index is 0.667. The Bertz CT molecular complexity index is 957. The Morgan fingerprint density at radius 3 is 2.15 bits per heavy atom. The number of anilines is 4. The summed E-state index contributed by atoms with van der Waals surface area (Å²) in [6.45, 7) is 6.05. The molecule has 0 aliphatic rings. The molecule has 0 aliphatic heterocycles. The second kappa shape index (κ2) is 7.95. The van der Waals surface area contributed by atoms with Crippen LogP contribution in [0, 0.1) is 20.8 Å². The first kappa shape index (κ1) is 18.5. The van der Waals surface area contributed by atoms with E-state index < -0.39 is 0 Å². The number of rotatable bonds is 6. The quantitative estimate of drug-likeness (QED) is 0.648. The highest BCUT2D eigenvalue weighted by atomic mass is 16.5. The molecule has 0 saturated heterocycles. The first-order chi connectivity index (χ1) is 13.0. The average molecular weight is 364 g/mol. The van der Waals surface area contributed by atoms with E-state index in [0.717, 1.165) is 22.9 Å². The lowest BCUT2D eigenvalue weighted by atomic mass is 10.1. The average Bonchev–Trinajstić information content (AvgIpc) is 2.65. The highest BCUT2D eigenvalue weighted by Crippen LogP contribution is 2.31. The molecule has 1 aromatic heterocycles. The topological polar surface area (TPSA) is 68.3 Å². The van der Waals surface area contributed by atoms with Crippen molar-refractivity contribution in [3.63, 3.8) is 0 Å². The molecule has 2 aromatic carbocycles. The highest BCUT2D eigenvalue weighted by molar-refractivity contribution is 5.69. The molecule has 1 heterocycles. The third-order valence-corrected chi connectivity index (χ3v) is 4.38. The fourth-order valence-electron chi connectivity index (χ4n) is 2.76. The number of nitrogens with zero attached hydrogens (tertiary/aromatic N) is 2. The summed E-state index contributed by atoms with van der Waals surface area (Å²) in [4.78, 5) is 8.98. The number of aromatic nitrogens is 2. The summed E-state index contributed by atoms with van der Waals surface area (Å²) < 4.78 is 10.7. The van der Waals surface area contributed by atoms with Crippen LogP contribution in [0.25, 0.3) is 0 Å². The van der Waals surface area contributed by atoms with Gasteiger partial charge in [0.2, 0.25) is 0 Å². The van der Waals surface area contributed by atoms with Crippen molar-refractivity contribution >= 4 is 23.0 Å². The molecule has 0 bridgehead atoms. The number of aryl methyl sites for hydroxylation is 2. The van der Waals surface area contributed by atoms with E-state index in [2.05, 4.69) is 40.5 Å². The van der Waals surface area contributed by atoms with E-state index in [0.29, 0.717) is 17.4 Å².